The van der Waals surface area contributed by atoms with Crippen LogP contribution in [0.25, 0.3) is 6.08 Å². The fourth-order valence-corrected chi connectivity index (χ4v) is 3.25. The molecule has 0 atom stereocenters. The summed E-state index contributed by atoms with van der Waals surface area (Å²) in [6.45, 7) is 0. The van der Waals surface area contributed by atoms with Gasteiger partial charge in [-0.1, -0.05) is 46.3 Å². The number of aromatic hydroxyl groups is 1. The van der Waals surface area contributed by atoms with Crippen LogP contribution in [0.3, 0.4) is 0 Å². The summed E-state index contributed by atoms with van der Waals surface area (Å²) in [5.74, 6) is -0.354. The topological polar surface area (TPSA) is 92.5 Å². The Balaban J connectivity index is 2.00. The van der Waals surface area contributed by atoms with Gasteiger partial charge in [-0.15, -0.1) is 0 Å². The van der Waals surface area contributed by atoms with Crippen molar-refractivity contribution >= 4 is 33.5 Å². The molecule has 4 rings (SSSR count). The van der Waals surface area contributed by atoms with E-state index in [1.54, 1.807) is 18.2 Å². The van der Waals surface area contributed by atoms with Crippen LogP contribution in [0, 0.1) is 5.41 Å². The van der Waals surface area contributed by atoms with Gasteiger partial charge >= 0.3 is 0 Å². The maximum atomic E-state index is 12.4. The van der Waals surface area contributed by atoms with Crippen LogP contribution in [0.5, 0.6) is 5.88 Å². The molecule has 0 saturated carbocycles. The van der Waals surface area contributed by atoms with Gasteiger partial charge in [0, 0.05) is 4.47 Å². The molecule has 128 valence electrons. The maximum Gasteiger partial charge on any atom is 0.260 e. The molecule has 26 heavy (non-hydrogen) atoms. The van der Waals surface area contributed by atoms with E-state index in [0.29, 0.717) is 10.9 Å². The molecule has 2 heterocycles. The van der Waals surface area contributed by atoms with Crippen molar-refractivity contribution in [3.05, 3.63) is 91.1 Å². The highest BCUT2D eigenvalue weighted by Gasteiger charge is 2.26. The van der Waals surface area contributed by atoms with Gasteiger partial charge in [-0.05, 0) is 35.9 Å². The Labute approximate surface area is 156 Å². The first-order valence-corrected chi connectivity index (χ1v) is 8.59. The van der Waals surface area contributed by atoms with E-state index >= 15 is 0 Å². The predicted octanol–water partition coefficient (Wildman–Crippen LogP) is 2.05. The van der Waals surface area contributed by atoms with Crippen molar-refractivity contribution in [1.82, 2.24) is 4.98 Å². The number of amidine groups is 1. The molecule has 3 aromatic rings. The van der Waals surface area contributed by atoms with Crippen LogP contribution in [-0.2, 0) is 0 Å². The third kappa shape index (κ3) is 2.72. The van der Waals surface area contributed by atoms with Gasteiger partial charge in [0.1, 0.15) is 10.9 Å². The van der Waals surface area contributed by atoms with E-state index < -0.39 is 5.56 Å². The van der Waals surface area contributed by atoms with Crippen LogP contribution in [0.2, 0.25) is 0 Å². The number of fused-ring (bicyclic) bond motifs is 1. The van der Waals surface area contributed by atoms with E-state index in [2.05, 4.69) is 26.0 Å². The van der Waals surface area contributed by atoms with Gasteiger partial charge in [-0.3, -0.25) is 15.2 Å². The summed E-state index contributed by atoms with van der Waals surface area (Å²) in [6, 6.07) is 16.6. The van der Waals surface area contributed by atoms with Gasteiger partial charge in [-0.2, -0.15) is 5.10 Å². The predicted molar refractivity (Wildman–Crippen MR) is 103 cm³/mol. The monoisotopic (exact) mass is 408 g/mol. The number of aromatic amines is 1. The highest BCUT2D eigenvalue weighted by molar-refractivity contribution is 9.10. The van der Waals surface area contributed by atoms with E-state index in [1.165, 1.54) is 5.01 Å². The van der Waals surface area contributed by atoms with Gasteiger partial charge < -0.3 is 5.11 Å². The molecule has 0 saturated heterocycles. The van der Waals surface area contributed by atoms with E-state index in [1.807, 2.05) is 42.5 Å². The molecule has 0 spiro atoms. The molecule has 3 N–H and O–H groups in total. The molecule has 0 amide bonds. The smallest absolute Gasteiger partial charge is 0.260 e. The highest BCUT2D eigenvalue weighted by atomic mass is 79.9. The van der Waals surface area contributed by atoms with Crippen molar-refractivity contribution in [2.45, 2.75) is 0 Å². The molecule has 0 radical (unpaired) electrons. The van der Waals surface area contributed by atoms with E-state index in [0.717, 1.165) is 10.0 Å². The van der Waals surface area contributed by atoms with E-state index in [9.17, 15) is 9.90 Å². The average Bonchev–Trinajstić information content (AvgIpc) is 2.97. The summed E-state index contributed by atoms with van der Waals surface area (Å²) in [6.07, 6.45) is 1.69. The van der Waals surface area contributed by atoms with Crippen LogP contribution in [0.4, 0.5) is 5.69 Å². The van der Waals surface area contributed by atoms with Gasteiger partial charge in [0.15, 0.2) is 5.84 Å². The summed E-state index contributed by atoms with van der Waals surface area (Å²) in [7, 11) is 0. The SMILES string of the molecule is N=C1c2c(O)[nH]c(=O)c(=Cc3cccc(Br)c3)c2=NN1c1ccccc1. The lowest BCUT2D eigenvalue weighted by Crippen LogP contribution is -2.42. The second kappa shape index (κ2) is 6.27. The minimum absolute atomic E-state index is 0.00356. The number of H-pyrrole nitrogens is 1. The Morgan fingerprint density at radius 3 is 2.65 bits per heavy atom. The molecule has 2 aromatic carbocycles. The second-order valence-corrected chi connectivity index (χ2v) is 6.65. The average molecular weight is 409 g/mol. The second-order valence-electron chi connectivity index (χ2n) is 5.74. The third-order valence-electron chi connectivity index (χ3n) is 4.01. The molecular formula is C19H13BrN4O2. The van der Waals surface area contributed by atoms with Crippen LogP contribution >= 0.6 is 15.9 Å². The normalized spacial score (nSPS) is 13.7. The van der Waals surface area contributed by atoms with Crippen molar-refractivity contribution < 1.29 is 5.11 Å². The summed E-state index contributed by atoms with van der Waals surface area (Å²) in [5, 5.41) is 24.9. The molecule has 6 nitrogen and oxygen atoms in total. The van der Waals surface area contributed by atoms with Crippen molar-refractivity contribution in [3.63, 3.8) is 0 Å². The lowest BCUT2D eigenvalue weighted by Gasteiger charge is -2.13. The van der Waals surface area contributed by atoms with Gasteiger partial charge in [0.25, 0.3) is 5.56 Å². The number of halogens is 1. The van der Waals surface area contributed by atoms with Crippen LogP contribution in [0.1, 0.15) is 11.1 Å². The number of nitrogens with zero attached hydrogens (tertiary/aromatic N) is 2. The first kappa shape index (κ1) is 16.3. The minimum atomic E-state index is -0.465. The number of aromatic nitrogens is 1. The molecule has 1 aliphatic rings. The first-order chi connectivity index (χ1) is 12.5. The fourth-order valence-electron chi connectivity index (χ4n) is 2.83. The van der Waals surface area contributed by atoms with Crippen molar-refractivity contribution in [2.75, 3.05) is 5.01 Å². The van der Waals surface area contributed by atoms with Gasteiger partial charge in [0.2, 0.25) is 5.88 Å². The number of nitrogens with one attached hydrogen (secondary N) is 2. The Kier molecular flexibility index (Phi) is 3.93. The van der Waals surface area contributed by atoms with Crippen molar-refractivity contribution in [1.29, 1.82) is 5.41 Å². The number of para-hydroxylation sites is 1. The molecule has 0 unspecified atom stereocenters. The largest absolute Gasteiger partial charge is 0.494 e. The molecule has 7 heteroatoms. The summed E-state index contributed by atoms with van der Waals surface area (Å²) in [5.41, 5.74) is 1.22. The highest BCUT2D eigenvalue weighted by Crippen LogP contribution is 2.21. The number of hydrogen-bond donors (Lipinski definition) is 3. The van der Waals surface area contributed by atoms with E-state index in [-0.39, 0.29) is 22.6 Å². The Morgan fingerprint density at radius 1 is 1.15 bits per heavy atom. The Morgan fingerprint density at radius 2 is 1.92 bits per heavy atom. The van der Waals surface area contributed by atoms with Gasteiger partial charge in [-0.25, -0.2) is 5.01 Å². The number of anilines is 1. The quantitative estimate of drug-likeness (QED) is 0.605. The maximum absolute atomic E-state index is 12.4. The summed E-state index contributed by atoms with van der Waals surface area (Å²) < 4.78 is 0.883. The molecular weight excluding hydrogens is 396 g/mol. The third-order valence-corrected chi connectivity index (χ3v) is 4.51. The zero-order chi connectivity index (χ0) is 18.3. The lowest BCUT2D eigenvalue weighted by molar-refractivity contribution is 0.449. The number of rotatable bonds is 2. The summed E-state index contributed by atoms with van der Waals surface area (Å²) in [4.78, 5) is 14.8. The lowest BCUT2D eigenvalue weighted by atomic mass is 10.1. The Bertz CT molecular complexity index is 1200. The molecule has 0 bridgehead atoms. The van der Waals surface area contributed by atoms with Crippen molar-refractivity contribution in [2.24, 2.45) is 5.10 Å². The molecule has 0 aliphatic carbocycles. The molecule has 1 aliphatic heterocycles. The number of pyridine rings is 1. The molecule has 0 fully saturated rings. The minimum Gasteiger partial charge on any atom is -0.494 e. The fraction of sp³-hybridized carbons (Fsp3) is 0. The van der Waals surface area contributed by atoms with Crippen molar-refractivity contribution in [3.8, 4) is 5.88 Å². The first-order valence-electron chi connectivity index (χ1n) is 7.80. The van der Waals surface area contributed by atoms with Gasteiger partial charge in [0.05, 0.1) is 10.9 Å². The van der Waals surface area contributed by atoms with Crippen LogP contribution in [-0.4, -0.2) is 15.9 Å². The zero-order valence-electron chi connectivity index (χ0n) is 13.4. The van der Waals surface area contributed by atoms with Crippen LogP contribution in [0.15, 0.2) is 69.0 Å². The van der Waals surface area contributed by atoms with Crippen LogP contribution < -0.4 is 21.1 Å². The Hall–Kier alpha value is -3.19. The van der Waals surface area contributed by atoms with E-state index in [4.69, 9.17) is 5.41 Å². The standard InChI is InChI=1S/C19H13BrN4O2/c20-12-6-4-5-11(9-12)10-14-16-15(19(26)22-18(14)25)17(21)24(23-16)13-7-2-1-3-8-13/h1-10,21,26H,(H,22,25). The summed E-state index contributed by atoms with van der Waals surface area (Å²) >= 11 is 3.41. The number of benzene rings is 2. The molecule has 1 aromatic heterocycles. The number of hydrogen-bond acceptors (Lipinski definition) is 4. The zero-order valence-corrected chi connectivity index (χ0v) is 15.0.